The quantitative estimate of drug-likeness (QED) is 0.735. The Morgan fingerprint density at radius 1 is 1.18 bits per heavy atom. The van der Waals surface area contributed by atoms with E-state index in [4.69, 9.17) is 9.88 Å². The molecule has 1 unspecified atom stereocenters. The van der Waals surface area contributed by atoms with E-state index in [2.05, 4.69) is 4.98 Å². The lowest BCUT2D eigenvalue weighted by atomic mass is 10.1. The molecule has 28 heavy (non-hydrogen) atoms. The van der Waals surface area contributed by atoms with Crippen LogP contribution < -0.4 is 5.14 Å². The number of amides is 1. The second kappa shape index (κ2) is 8.49. The standard InChI is InChI=1S/C19H23N3O5S/c1-5-27-19(24)16-10-11-17(21-12(16)2)18(23)22(4)13(3)14-6-8-15(9-7-14)28(20,25)26/h6-11,13H,5H2,1-4H3,(H2,20,25,26). The van der Waals surface area contributed by atoms with Crippen LogP contribution in [0.5, 0.6) is 0 Å². The summed E-state index contributed by atoms with van der Waals surface area (Å²) < 4.78 is 27.7. The van der Waals surface area contributed by atoms with Gasteiger partial charge in [-0.1, -0.05) is 12.1 Å². The van der Waals surface area contributed by atoms with Crippen molar-refractivity contribution < 1.29 is 22.7 Å². The van der Waals surface area contributed by atoms with Crippen LogP contribution in [0.1, 0.15) is 52.0 Å². The number of aryl methyl sites for hydroxylation is 1. The summed E-state index contributed by atoms with van der Waals surface area (Å²) in [6.07, 6.45) is 0. The summed E-state index contributed by atoms with van der Waals surface area (Å²) in [6, 6.07) is 8.68. The van der Waals surface area contributed by atoms with Gasteiger partial charge in [-0.3, -0.25) is 4.79 Å². The van der Waals surface area contributed by atoms with E-state index in [1.165, 1.54) is 29.2 Å². The predicted octanol–water partition coefficient (Wildman–Crippen LogP) is 2.05. The highest BCUT2D eigenvalue weighted by molar-refractivity contribution is 7.89. The van der Waals surface area contributed by atoms with E-state index in [1.54, 1.807) is 33.0 Å². The molecule has 2 N–H and O–H groups in total. The summed E-state index contributed by atoms with van der Waals surface area (Å²) >= 11 is 0. The first kappa shape index (κ1) is 21.5. The largest absolute Gasteiger partial charge is 0.462 e. The fourth-order valence-electron chi connectivity index (χ4n) is 2.62. The first-order chi connectivity index (χ1) is 13.1. The van der Waals surface area contributed by atoms with E-state index in [0.717, 1.165) is 5.56 Å². The topological polar surface area (TPSA) is 120 Å². The molecule has 2 rings (SSSR count). The number of nitrogens with zero attached hydrogens (tertiary/aromatic N) is 2. The van der Waals surface area contributed by atoms with Gasteiger partial charge in [-0.15, -0.1) is 0 Å². The molecule has 1 atom stereocenters. The van der Waals surface area contributed by atoms with E-state index in [9.17, 15) is 18.0 Å². The number of sulfonamides is 1. The van der Waals surface area contributed by atoms with Gasteiger partial charge in [-0.2, -0.15) is 0 Å². The van der Waals surface area contributed by atoms with Gasteiger partial charge >= 0.3 is 5.97 Å². The average Bonchev–Trinajstić information content (AvgIpc) is 2.65. The van der Waals surface area contributed by atoms with E-state index >= 15 is 0 Å². The third-order valence-corrected chi connectivity index (χ3v) is 5.32. The number of esters is 1. The van der Waals surface area contributed by atoms with Crippen LogP contribution in [0.2, 0.25) is 0 Å². The molecule has 2 aromatic rings. The zero-order chi connectivity index (χ0) is 21.1. The number of nitrogens with two attached hydrogens (primary N) is 1. The number of aromatic nitrogens is 1. The van der Waals surface area contributed by atoms with Crippen molar-refractivity contribution in [3.05, 3.63) is 58.9 Å². The van der Waals surface area contributed by atoms with Gasteiger partial charge in [0.25, 0.3) is 5.91 Å². The van der Waals surface area contributed by atoms with Gasteiger partial charge in [-0.05, 0) is 50.6 Å². The SMILES string of the molecule is CCOC(=O)c1ccc(C(=O)N(C)C(C)c2ccc(S(N)(=O)=O)cc2)nc1C. The van der Waals surface area contributed by atoms with Crippen LogP contribution >= 0.6 is 0 Å². The molecule has 9 heteroatoms. The molecule has 1 amide bonds. The van der Waals surface area contributed by atoms with Crippen molar-refractivity contribution in [3.63, 3.8) is 0 Å². The molecule has 0 saturated heterocycles. The van der Waals surface area contributed by atoms with Crippen LogP contribution in [-0.2, 0) is 14.8 Å². The Hall–Kier alpha value is -2.78. The fourth-order valence-corrected chi connectivity index (χ4v) is 3.14. The number of carbonyl (C=O) groups is 2. The Morgan fingerprint density at radius 2 is 1.79 bits per heavy atom. The van der Waals surface area contributed by atoms with Crippen molar-refractivity contribution in [2.45, 2.75) is 31.7 Å². The van der Waals surface area contributed by atoms with Crippen molar-refractivity contribution >= 4 is 21.9 Å². The summed E-state index contributed by atoms with van der Waals surface area (Å²) in [5.74, 6) is -0.815. The Balaban J connectivity index is 2.21. The zero-order valence-electron chi connectivity index (χ0n) is 16.2. The minimum atomic E-state index is -3.77. The van der Waals surface area contributed by atoms with E-state index < -0.39 is 16.0 Å². The molecule has 0 radical (unpaired) electrons. The van der Waals surface area contributed by atoms with Gasteiger partial charge < -0.3 is 9.64 Å². The van der Waals surface area contributed by atoms with Gasteiger partial charge in [0.1, 0.15) is 5.69 Å². The first-order valence-electron chi connectivity index (χ1n) is 8.61. The Morgan fingerprint density at radius 3 is 2.29 bits per heavy atom. The van der Waals surface area contributed by atoms with E-state index in [1.807, 2.05) is 6.92 Å². The molecular weight excluding hydrogens is 382 g/mol. The van der Waals surface area contributed by atoms with Crippen molar-refractivity contribution in [1.82, 2.24) is 9.88 Å². The number of rotatable bonds is 6. The number of ether oxygens (including phenoxy) is 1. The molecule has 0 saturated carbocycles. The maximum atomic E-state index is 12.8. The molecule has 1 aromatic carbocycles. The summed E-state index contributed by atoms with van der Waals surface area (Å²) in [6.45, 7) is 5.41. The number of carbonyl (C=O) groups excluding carboxylic acids is 2. The third kappa shape index (κ3) is 4.73. The highest BCUT2D eigenvalue weighted by Gasteiger charge is 2.22. The molecule has 0 bridgehead atoms. The average molecular weight is 405 g/mol. The molecule has 150 valence electrons. The predicted molar refractivity (Wildman–Crippen MR) is 103 cm³/mol. The summed E-state index contributed by atoms with van der Waals surface area (Å²) in [4.78, 5) is 30.4. The Kier molecular flexibility index (Phi) is 6.52. The molecule has 0 aliphatic heterocycles. The minimum absolute atomic E-state index is 0.00396. The lowest BCUT2D eigenvalue weighted by molar-refractivity contribution is 0.0524. The maximum Gasteiger partial charge on any atom is 0.339 e. The maximum absolute atomic E-state index is 12.8. The van der Waals surface area contributed by atoms with E-state index in [0.29, 0.717) is 11.3 Å². The number of hydrogen-bond acceptors (Lipinski definition) is 6. The van der Waals surface area contributed by atoms with Crippen LogP contribution in [0.15, 0.2) is 41.3 Å². The molecule has 0 fully saturated rings. The lowest BCUT2D eigenvalue weighted by Crippen LogP contribution is -2.30. The van der Waals surface area contributed by atoms with Gasteiger partial charge in [0.2, 0.25) is 10.0 Å². The first-order valence-corrected chi connectivity index (χ1v) is 10.2. The van der Waals surface area contributed by atoms with Crippen LogP contribution in [-0.4, -0.2) is 43.8 Å². The lowest BCUT2D eigenvalue weighted by Gasteiger charge is -2.25. The highest BCUT2D eigenvalue weighted by Crippen LogP contribution is 2.22. The monoisotopic (exact) mass is 405 g/mol. The second-order valence-electron chi connectivity index (χ2n) is 6.26. The molecule has 0 spiro atoms. The Labute approximate surface area is 164 Å². The smallest absolute Gasteiger partial charge is 0.339 e. The van der Waals surface area contributed by atoms with Gasteiger partial charge in [0.15, 0.2) is 0 Å². The summed E-state index contributed by atoms with van der Waals surface area (Å²) in [7, 11) is -2.15. The Bertz CT molecular complexity index is 987. The highest BCUT2D eigenvalue weighted by atomic mass is 32.2. The minimum Gasteiger partial charge on any atom is -0.462 e. The second-order valence-corrected chi connectivity index (χ2v) is 7.82. The molecule has 0 aliphatic rings. The number of pyridine rings is 1. The third-order valence-electron chi connectivity index (χ3n) is 4.39. The molecule has 0 aliphatic carbocycles. The van der Waals surface area contributed by atoms with Gasteiger partial charge in [0, 0.05) is 7.05 Å². The van der Waals surface area contributed by atoms with Crippen molar-refractivity contribution in [2.75, 3.05) is 13.7 Å². The molecule has 1 aromatic heterocycles. The summed E-state index contributed by atoms with van der Waals surface area (Å²) in [5, 5.41) is 5.10. The molecule has 8 nitrogen and oxygen atoms in total. The molecule has 1 heterocycles. The zero-order valence-corrected chi connectivity index (χ0v) is 17.0. The number of hydrogen-bond donors (Lipinski definition) is 1. The van der Waals surface area contributed by atoms with E-state index in [-0.39, 0.29) is 29.1 Å². The van der Waals surface area contributed by atoms with Crippen LogP contribution in [0.3, 0.4) is 0 Å². The normalized spacial score (nSPS) is 12.3. The van der Waals surface area contributed by atoms with Crippen LogP contribution in [0.4, 0.5) is 0 Å². The van der Waals surface area contributed by atoms with Crippen molar-refractivity contribution in [1.29, 1.82) is 0 Å². The molecular formula is C19H23N3O5S. The van der Waals surface area contributed by atoms with Crippen molar-refractivity contribution in [3.8, 4) is 0 Å². The van der Waals surface area contributed by atoms with Crippen LogP contribution in [0, 0.1) is 6.92 Å². The number of benzene rings is 1. The van der Waals surface area contributed by atoms with Gasteiger partial charge in [-0.25, -0.2) is 23.3 Å². The summed E-state index contributed by atoms with van der Waals surface area (Å²) in [5.41, 5.74) is 1.65. The fraction of sp³-hybridized carbons (Fsp3) is 0.316. The number of primary sulfonamides is 1. The van der Waals surface area contributed by atoms with Gasteiger partial charge in [0.05, 0.1) is 28.8 Å². The van der Waals surface area contributed by atoms with Crippen molar-refractivity contribution in [2.24, 2.45) is 5.14 Å². The van der Waals surface area contributed by atoms with Crippen LogP contribution in [0.25, 0.3) is 0 Å².